The number of aromatic nitrogens is 1. The summed E-state index contributed by atoms with van der Waals surface area (Å²) in [7, 11) is 0. The Morgan fingerprint density at radius 3 is 2.15 bits per heavy atom. The Balaban J connectivity index is 1.11. The van der Waals surface area contributed by atoms with Crippen LogP contribution in [0.25, 0.3) is 10.9 Å². The maximum absolute atomic E-state index is 12.7. The minimum absolute atomic E-state index is 0.0898. The van der Waals surface area contributed by atoms with Crippen LogP contribution in [0.4, 0.5) is 5.69 Å². The number of piperazine rings is 1. The molecule has 1 aromatic heterocycles. The molecule has 9 heteroatoms. The fraction of sp³-hybridized carbons (Fsp3) is 0.590. The number of hydrogen-bond acceptors (Lipinski definition) is 6. The lowest BCUT2D eigenvalue weighted by Crippen LogP contribution is -2.46. The molecule has 264 valence electrons. The number of carbonyl (C=O) groups excluding carboxylic acids is 1. The van der Waals surface area contributed by atoms with E-state index in [1.54, 1.807) is 6.07 Å². The lowest BCUT2D eigenvalue weighted by Gasteiger charge is -2.36. The highest BCUT2D eigenvalue weighted by Gasteiger charge is 2.19. The van der Waals surface area contributed by atoms with Gasteiger partial charge in [0.1, 0.15) is 5.75 Å². The van der Waals surface area contributed by atoms with E-state index in [2.05, 4.69) is 16.7 Å². The topological polar surface area (TPSA) is 64.0 Å². The van der Waals surface area contributed by atoms with Crippen molar-refractivity contribution in [2.24, 2.45) is 0 Å². The van der Waals surface area contributed by atoms with Crippen LogP contribution in [0.3, 0.4) is 0 Å². The zero-order chi connectivity index (χ0) is 34.0. The van der Waals surface area contributed by atoms with Crippen molar-refractivity contribution in [1.82, 2.24) is 9.47 Å². The van der Waals surface area contributed by atoms with Crippen molar-refractivity contribution in [2.45, 2.75) is 110 Å². The number of ether oxygens (including phenoxy) is 2. The maximum atomic E-state index is 12.7. The second kappa shape index (κ2) is 21.4. The summed E-state index contributed by atoms with van der Waals surface area (Å²) in [6.45, 7) is 7.58. The molecule has 7 nitrogen and oxygen atoms in total. The molecule has 0 unspecified atom stereocenters. The minimum Gasteiger partial charge on any atom is -0.494 e. The minimum atomic E-state index is -0.256. The van der Waals surface area contributed by atoms with Gasteiger partial charge >= 0.3 is 5.97 Å². The van der Waals surface area contributed by atoms with Crippen LogP contribution >= 0.6 is 23.2 Å². The van der Waals surface area contributed by atoms with Crippen molar-refractivity contribution in [3.8, 4) is 5.75 Å². The van der Waals surface area contributed by atoms with E-state index in [4.69, 9.17) is 32.7 Å². The SMILES string of the molecule is CCCCCCCCCCCCCCC(=O)OCn1c(=O)ccc2ccc(OCCCCN3CCN(c4cccc(Cl)c4Cl)CC3)cc21. The van der Waals surface area contributed by atoms with E-state index < -0.39 is 0 Å². The van der Waals surface area contributed by atoms with Crippen molar-refractivity contribution in [3.05, 3.63) is 68.9 Å². The van der Waals surface area contributed by atoms with Gasteiger partial charge in [0.25, 0.3) is 5.56 Å². The first-order valence-corrected chi connectivity index (χ1v) is 19.0. The maximum Gasteiger partial charge on any atom is 0.307 e. The van der Waals surface area contributed by atoms with Crippen LogP contribution in [-0.4, -0.2) is 54.8 Å². The second-order valence-corrected chi connectivity index (χ2v) is 13.8. The third kappa shape index (κ3) is 12.6. The normalized spacial score (nSPS) is 13.7. The van der Waals surface area contributed by atoms with Crippen molar-refractivity contribution in [1.29, 1.82) is 0 Å². The van der Waals surface area contributed by atoms with Crippen LogP contribution in [0.5, 0.6) is 5.75 Å². The van der Waals surface area contributed by atoms with E-state index >= 15 is 0 Å². The average molecular weight is 701 g/mol. The number of unbranched alkanes of at least 4 members (excludes halogenated alkanes) is 12. The third-order valence-corrected chi connectivity index (χ3v) is 10.1. The Morgan fingerprint density at radius 2 is 1.44 bits per heavy atom. The smallest absolute Gasteiger partial charge is 0.307 e. The van der Waals surface area contributed by atoms with Gasteiger partial charge in [-0.1, -0.05) is 107 Å². The number of pyridine rings is 1. The zero-order valence-corrected chi connectivity index (χ0v) is 30.4. The van der Waals surface area contributed by atoms with Gasteiger partial charge in [-0.2, -0.15) is 0 Å². The molecule has 1 saturated heterocycles. The van der Waals surface area contributed by atoms with E-state index in [-0.39, 0.29) is 18.3 Å². The number of hydrogen-bond donors (Lipinski definition) is 0. The number of halogens is 2. The molecule has 0 spiro atoms. The molecule has 0 amide bonds. The first kappa shape index (κ1) is 38.1. The van der Waals surface area contributed by atoms with E-state index in [0.29, 0.717) is 34.3 Å². The summed E-state index contributed by atoms with van der Waals surface area (Å²) in [6.07, 6.45) is 17.3. The van der Waals surface area contributed by atoms with Crippen LogP contribution < -0.4 is 15.2 Å². The Labute approximate surface area is 297 Å². The monoisotopic (exact) mass is 699 g/mol. The number of benzene rings is 2. The number of carbonyl (C=O) groups is 1. The van der Waals surface area contributed by atoms with Gasteiger partial charge < -0.3 is 14.4 Å². The Kier molecular flexibility index (Phi) is 16.9. The summed E-state index contributed by atoms with van der Waals surface area (Å²) in [6, 6.07) is 14.9. The number of anilines is 1. The Morgan fingerprint density at radius 1 is 0.771 bits per heavy atom. The van der Waals surface area contributed by atoms with Crippen LogP contribution in [0.15, 0.2) is 53.3 Å². The van der Waals surface area contributed by atoms with Gasteiger partial charge in [-0.3, -0.25) is 19.1 Å². The predicted octanol–water partition coefficient (Wildman–Crippen LogP) is 9.88. The standard InChI is InChI=1S/C39H55Cl2N3O4/c1-2-3-4-5-6-7-8-9-10-11-12-13-19-38(46)48-31-44-36-30-33(22-20-32(36)21-23-37(44)45)47-29-15-14-24-42-25-27-43(28-26-42)35-18-16-17-34(40)39(35)41/h16-18,20-23,30H,2-15,19,24-29,31H2,1H3. The molecule has 0 saturated carbocycles. The molecule has 2 aromatic carbocycles. The summed E-state index contributed by atoms with van der Waals surface area (Å²) in [5.74, 6) is 0.449. The average Bonchev–Trinajstić information content (AvgIpc) is 3.09. The summed E-state index contributed by atoms with van der Waals surface area (Å²) < 4.78 is 13.1. The summed E-state index contributed by atoms with van der Waals surface area (Å²) in [5, 5.41) is 2.12. The quantitative estimate of drug-likeness (QED) is 0.0768. The summed E-state index contributed by atoms with van der Waals surface area (Å²) in [5.41, 5.74) is 1.51. The van der Waals surface area contributed by atoms with Crippen molar-refractivity contribution in [3.63, 3.8) is 0 Å². The molecule has 1 aliphatic rings. The van der Waals surface area contributed by atoms with Gasteiger partial charge in [-0.25, -0.2) is 0 Å². The van der Waals surface area contributed by atoms with Crippen LogP contribution in [-0.2, 0) is 16.3 Å². The molecule has 0 bridgehead atoms. The van der Waals surface area contributed by atoms with Crippen molar-refractivity contribution in [2.75, 3.05) is 44.2 Å². The zero-order valence-electron chi connectivity index (χ0n) is 28.9. The number of fused-ring (bicyclic) bond motifs is 1. The number of rotatable bonds is 22. The lowest BCUT2D eigenvalue weighted by molar-refractivity contribution is -0.147. The molecule has 3 aromatic rings. The fourth-order valence-electron chi connectivity index (χ4n) is 6.39. The van der Waals surface area contributed by atoms with Crippen molar-refractivity contribution < 1.29 is 14.3 Å². The van der Waals surface area contributed by atoms with E-state index in [1.807, 2.05) is 36.4 Å². The van der Waals surface area contributed by atoms with Gasteiger partial charge in [0.15, 0.2) is 6.73 Å². The van der Waals surface area contributed by atoms with Gasteiger partial charge in [0.2, 0.25) is 0 Å². The highest BCUT2D eigenvalue weighted by Crippen LogP contribution is 2.33. The number of nitrogens with zero attached hydrogens (tertiary/aromatic N) is 3. The van der Waals surface area contributed by atoms with Gasteiger partial charge in [0.05, 0.1) is 27.9 Å². The lowest BCUT2D eigenvalue weighted by atomic mass is 10.0. The molecule has 2 heterocycles. The molecule has 1 aliphatic heterocycles. The third-order valence-electron chi connectivity index (χ3n) is 9.33. The largest absolute Gasteiger partial charge is 0.494 e. The molecule has 1 fully saturated rings. The molecule has 0 N–H and O–H groups in total. The molecule has 0 atom stereocenters. The molecular weight excluding hydrogens is 645 g/mol. The molecule has 0 radical (unpaired) electrons. The fourth-order valence-corrected chi connectivity index (χ4v) is 6.80. The highest BCUT2D eigenvalue weighted by atomic mass is 35.5. The summed E-state index contributed by atoms with van der Waals surface area (Å²) in [4.78, 5) is 30.0. The molecule has 4 rings (SSSR count). The van der Waals surface area contributed by atoms with Crippen molar-refractivity contribution >= 4 is 45.8 Å². The van der Waals surface area contributed by atoms with Gasteiger partial charge in [0, 0.05) is 44.7 Å². The van der Waals surface area contributed by atoms with Gasteiger partial charge in [-0.15, -0.1) is 0 Å². The van der Waals surface area contributed by atoms with E-state index in [9.17, 15) is 9.59 Å². The van der Waals surface area contributed by atoms with Crippen LogP contribution in [0.2, 0.25) is 10.0 Å². The highest BCUT2D eigenvalue weighted by molar-refractivity contribution is 6.43. The van der Waals surface area contributed by atoms with Gasteiger partial charge in [-0.05, 0) is 61.5 Å². The predicted molar refractivity (Wildman–Crippen MR) is 200 cm³/mol. The van der Waals surface area contributed by atoms with Crippen LogP contribution in [0, 0.1) is 0 Å². The second-order valence-electron chi connectivity index (χ2n) is 13.1. The number of esters is 1. The first-order valence-electron chi connectivity index (χ1n) is 18.3. The molecule has 48 heavy (non-hydrogen) atoms. The first-order chi connectivity index (χ1) is 23.5. The van der Waals surface area contributed by atoms with E-state index in [0.717, 1.165) is 75.9 Å². The molecular formula is C39H55Cl2N3O4. The Hall–Kier alpha value is -2.74. The van der Waals surface area contributed by atoms with E-state index in [1.165, 1.54) is 68.4 Å². The molecule has 0 aliphatic carbocycles. The summed E-state index contributed by atoms with van der Waals surface area (Å²) >= 11 is 12.6. The Bertz CT molecular complexity index is 1450. The van der Waals surface area contributed by atoms with Crippen LogP contribution in [0.1, 0.15) is 103 Å².